The SMILES string of the molecule is Cc1nc2ccc(F)cn2c1C(=O)NCC1=CCC(N2CCC(c3ccc(F)cc3)CC2)C=C1. The second-order valence-electron chi connectivity index (χ2n) is 9.11. The molecule has 0 saturated carbocycles. The Labute approximate surface area is 197 Å². The van der Waals surface area contributed by atoms with E-state index in [1.807, 2.05) is 12.1 Å². The molecule has 176 valence electrons. The van der Waals surface area contributed by atoms with Crippen molar-refractivity contribution in [2.24, 2.45) is 0 Å². The second kappa shape index (κ2) is 9.50. The molecule has 1 aliphatic carbocycles. The van der Waals surface area contributed by atoms with Crippen molar-refractivity contribution < 1.29 is 13.6 Å². The summed E-state index contributed by atoms with van der Waals surface area (Å²) < 4.78 is 28.4. The summed E-state index contributed by atoms with van der Waals surface area (Å²) in [6.45, 7) is 4.20. The number of hydrogen-bond donors (Lipinski definition) is 1. The average molecular weight is 463 g/mol. The number of piperidine rings is 1. The van der Waals surface area contributed by atoms with Crippen LogP contribution in [0.2, 0.25) is 0 Å². The molecule has 3 aromatic rings. The molecule has 1 atom stereocenters. The number of amides is 1. The van der Waals surface area contributed by atoms with Gasteiger partial charge in [-0.3, -0.25) is 14.1 Å². The number of nitrogens with zero attached hydrogens (tertiary/aromatic N) is 3. The maximum absolute atomic E-state index is 13.7. The van der Waals surface area contributed by atoms with E-state index in [1.165, 1.54) is 22.2 Å². The van der Waals surface area contributed by atoms with Gasteiger partial charge in [-0.05, 0) is 80.6 Å². The standard InChI is InChI=1S/C27H28F2N4O/c1-18-26(33-17-23(29)8-11-25(33)31-18)27(34)30-16-19-2-9-24(10-3-19)32-14-12-21(13-15-32)20-4-6-22(28)7-5-20/h2-9,11,17,21,24H,10,12-16H2,1H3,(H,30,34). The van der Waals surface area contributed by atoms with Crippen molar-refractivity contribution in [3.05, 3.63) is 95.0 Å². The summed E-state index contributed by atoms with van der Waals surface area (Å²) in [5.41, 5.74) is 3.76. The molecular weight excluding hydrogens is 434 g/mol. The fourth-order valence-electron chi connectivity index (χ4n) is 5.03. The monoisotopic (exact) mass is 462 g/mol. The summed E-state index contributed by atoms with van der Waals surface area (Å²) in [5.74, 6) is -0.378. The minimum Gasteiger partial charge on any atom is -0.347 e. The quantitative estimate of drug-likeness (QED) is 0.594. The fourth-order valence-corrected chi connectivity index (χ4v) is 5.03. The topological polar surface area (TPSA) is 49.6 Å². The number of benzene rings is 1. The molecule has 0 bridgehead atoms. The zero-order valence-electron chi connectivity index (χ0n) is 19.2. The third-order valence-corrected chi connectivity index (χ3v) is 6.92. The first kappa shape index (κ1) is 22.5. The molecule has 1 saturated heterocycles. The van der Waals surface area contributed by atoms with Gasteiger partial charge in [-0.25, -0.2) is 13.8 Å². The summed E-state index contributed by atoms with van der Waals surface area (Å²) in [6.07, 6.45) is 10.8. The summed E-state index contributed by atoms with van der Waals surface area (Å²) in [4.78, 5) is 19.6. The van der Waals surface area contributed by atoms with Crippen LogP contribution in [0.3, 0.4) is 0 Å². The Bertz CT molecular complexity index is 1250. The second-order valence-corrected chi connectivity index (χ2v) is 9.11. The number of rotatable bonds is 5. The normalized spacial score (nSPS) is 19.4. The lowest BCUT2D eigenvalue weighted by molar-refractivity contribution is 0.0950. The summed E-state index contributed by atoms with van der Waals surface area (Å²) in [6, 6.07) is 10.2. The van der Waals surface area contributed by atoms with Gasteiger partial charge in [0.25, 0.3) is 5.91 Å². The molecule has 7 heteroatoms. The Morgan fingerprint density at radius 1 is 1.09 bits per heavy atom. The van der Waals surface area contributed by atoms with Crippen molar-refractivity contribution in [2.75, 3.05) is 19.6 Å². The highest BCUT2D eigenvalue weighted by Gasteiger charge is 2.25. The first-order valence-electron chi connectivity index (χ1n) is 11.8. The van der Waals surface area contributed by atoms with E-state index in [0.717, 1.165) is 37.9 Å². The van der Waals surface area contributed by atoms with Gasteiger partial charge < -0.3 is 5.32 Å². The van der Waals surface area contributed by atoms with E-state index in [2.05, 4.69) is 33.4 Å². The van der Waals surface area contributed by atoms with Crippen LogP contribution in [0.15, 0.2) is 66.4 Å². The number of nitrogens with one attached hydrogen (secondary N) is 1. The molecule has 5 rings (SSSR count). The first-order valence-corrected chi connectivity index (χ1v) is 11.8. The minimum atomic E-state index is -0.412. The molecule has 1 N–H and O–H groups in total. The Morgan fingerprint density at radius 3 is 2.53 bits per heavy atom. The van der Waals surface area contributed by atoms with Crippen LogP contribution in [0, 0.1) is 18.6 Å². The molecule has 34 heavy (non-hydrogen) atoms. The van der Waals surface area contributed by atoms with Gasteiger partial charge in [-0.15, -0.1) is 0 Å². The van der Waals surface area contributed by atoms with Crippen molar-refractivity contribution in [1.82, 2.24) is 19.6 Å². The number of carbonyl (C=O) groups excluding carboxylic acids is 1. The minimum absolute atomic E-state index is 0.185. The van der Waals surface area contributed by atoms with Crippen molar-refractivity contribution in [3.63, 3.8) is 0 Å². The Kier molecular flexibility index (Phi) is 6.28. The van der Waals surface area contributed by atoms with Crippen LogP contribution in [0.5, 0.6) is 0 Å². The van der Waals surface area contributed by atoms with E-state index in [1.54, 1.807) is 25.1 Å². The van der Waals surface area contributed by atoms with Crippen molar-refractivity contribution in [2.45, 2.75) is 38.1 Å². The number of hydrogen-bond acceptors (Lipinski definition) is 3. The van der Waals surface area contributed by atoms with Crippen molar-refractivity contribution >= 4 is 11.6 Å². The number of imidazole rings is 1. The Hall–Kier alpha value is -3.32. The van der Waals surface area contributed by atoms with Gasteiger partial charge in [-0.1, -0.05) is 30.4 Å². The lowest BCUT2D eigenvalue weighted by Gasteiger charge is -2.37. The third kappa shape index (κ3) is 4.66. The van der Waals surface area contributed by atoms with Crippen LogP contribution in [0.25, 0.3) is 5.65 Å². The molecule has 5 nitrogen and oxygen atoms in total. The van der Waals surface area contributed by atoms with Gasteiger partial charge in [0.15, 0.2) is 0 Å². The molecule has 1 fully saturated rings. The average Bonchev–Trinajstić information content (AvgIpc) is 3.18. The molecule has 0 spiro atoms. The van der Waals surface area contributed by atoms with Gasteiger partial charge in [-0.2, -0.15) is 0 Å². The van der Waals surface area contributed by atoms with Crippen LogP contribution in [0.1, 0.15) is 46.9 Å². The van der Waals surface area contributed by atoms with E-state index in [9.17, 15) is 13.6 Å². The van der Waals surface area contributed by atoms with Gasteiger partial charge >= 0.3 is 0 Å². The van der Waals surface area contributed by atoms with Crippen LogP contribution < -0.4 is 5.32 Å². The zero-order valence-corrected chi connectivity index (χ0v) is 19.2. The molecule has 1 unspecified atom stereocenters. The molecule has 1 aromatic carbocycles. The molecule has 2 aromatic heterocycles. The van der Waals surface area contributed by atoms with Crippen LogP contribution in [-0.2, 0) is 0 Å². The molecular formula is C27H28F2N4O. The molecule has 1 aliphatic heterocycles. The van der Waals surface area contributed by atoms with Crippen molar-refractivity contribution in [3.8, 4) is 0 Å². The van der Waals surface area contributed by atoms with Crippen LogP contribution in [-0.4, -0.2) is 45.9 Å². The Balaban J connectivity index is 1.14. The fraction of sp³-hybridized carbons (Fsp3) is 0.333. The van der Waals surface area contributed by atoms with Gasteiger partial charge in [0.2, 0.25) is 0 Å². The highest BCUT2D eigenvalue weighted by Crippen LogP contribution is 2.30. The predicted octanol–water partition coefficient (Wildman–Crippen LogP) is 4.79. The number of fused-ring (bicyclic) bond motifs is 1. The van der Waals surface area contributed by atoms with E-state index in [-0.39, 0.29) is 11.7 Å². The molecule has 3 heterocycles. The summed E-state index contributed by atoms with van der Waals surface area (Å²) in [7, 11) is 0. The number of aromatic nitrogens is 2. The Morgan fingerprint density at radius 2 is 1.82 bits per heavy atom. The number of likely N-dealkylation sites (tertiary alicyclic amines) is 1. The molecule has 1 amide bonds. The molecule has 2 aliphatic rings. The number of pyridine rings is 1. The highest BCUT2D eigenvalue weighted by atomic mass is 19.1. The highest BCUT2D eigenvalue weighted by molar-refractivity contribution is 5.94. The summed E-state index contributed by atoms with van der Waals surface area (Å²) >= 11 is 0. The lowest BCUT2D eigenvalue weighted by Crippen LogP contribution is -2.40. The number of aryl methyl sites for hydroxylation is 1. The van der Waals surface area contributed by atoms with Gasteiger partial charge in [0.1, 0.15) is 23.0 Å². The smallest absolute Gasteiger partial charge is 0.270 e. The maximum Gasteiger partial charge on any atom is 0.270 e. The van der Waals surface area contributed by atoms with E-state index in [4.69, 9.17) is 0 Å². The zero-order chi connectivity index (χ0) is 23.7. The summed E-state index contributed by atoms with van der Waals surface area (Å²) in [5, 5.41) is 2.95. The number of halogens is 2. The molecule has 0 radical (unpaired) electrons. The maximum atomic E-state index is 13.7. The van der Waals surface area contributed by atoms with E-state index in [0.29, 0.717) is 35.5 Å². The first-order chi connectivity index (χ1) is 16.5. The van der Waals surface area contributed by atoms with Crippen LogP contribution in [0.4, 0.5) is 8.78 Å². The van der Waals surface area contributed by atoms with Crippen LogP contribution >= 0.6 is 0 Å². The lowest BCUT2D eigenvalue weighted by atomic mass is 9.88. The number of carbonyl (C=O) groups is 1. The largest absolute Gasteiger partial charge is 0.347 e. The van der Waals surface area contributed by atoms with E-state index < -0.39 is 5.82 Å². The third-order valence-electron chi connectivity index (χ3n) is 6.92. The van der Waals surface area contributed by atoms with Gasteiger partial charge in [0.05, 0.1) is 5.69 Å². The predicted molar refractivity (Wildman–Crippen MR) is 128 cm³/mol. The van der Waals surface area contributed by atoms with Crippen molar-refractivity contribution in [1.29, 1.82) is 0 Å². The van der Waals surface area contributed by atoms with Gasteiger partial charge in [0, 0.05) is 18.8 Å². The van der Waals surface area contributed by atoms with E-state index >= 15 is 0 Å².